The summed E-state index contributed by atoms with van der Waals surface area (Å²) in [5, 5.41) is 6.85. The zero-order chi connectivity index (χ0) is 23.0. The number of aromatic nitrogens is 2. The lowest BCUT2D eigenvalue weighted by atomic mass is 10.2. The van der Waals surface area contributed by atoms with E-state index in [1.807, 2.05) is 49.4 Å². The van der Waals surface area contributed by atoms with E-state index in [4.69, 9.17) is 18.7 Å². The molecule has 0 unspecified atom stereocenters. The van der Waals surface area contributed by atoms with Crippen molar-refractivity contribution in [1.29, 1.82) is 0 Å². The molecule has 1 N–H and O–H groups in total. The Bertz CT molecular complexity index is 1220. The van der Waals surface area contributed by atoms with Gasteiger partial charge in [0.15, 0.2) is 18.1 Å². The molecule has 0 fully saturated rings. The van der Waals surface area contributed by atoms with Crippen LogP contribution in [0.5, 0.6) is 17.2 Å². The highest BCUT2D eigenvalue weighted by Crippen LogP contribution is 2.33. The molecule has 0 aliphatic carbocycles. The van der Waals surface area contributed by atoms with Crippen molar-refractivity contribution in [2.24, 2.45) is 0 Å². The number of nitrogens with one attached hydrogen (secondary N) is 1. The van der Waals surface area contributed by atoms with E-state index in [0.717, 1.165) is 5.56 Å². The highest BCUT2D eigenvalue weighted by atomic mass is 16.5. The molecular weight excluding hydrogens is 422 g/mol. The lowest BCUT2D eigenvalue weighted by Gasteiger charge is -2.13. The number of nitrogens with zero attached hydrogens (tertiary/aromatic N) is 2. The van der Waals surface area contributed by atoms with Gasteiger partial charge in [-0.1, -0.05) is 35.5 Å². The standard InChI is InChI=1S/C25H23N3O5/c1-3-31-22-15-18(24-27-25(33-28-24)17-9-5-4-6-10-17)13-14-21(22)32-16-23(29)26-19-11-7-8-12-20(19)30-2/h4-15H,3,16H2,1-2H3,(H,26,29). The van der Waals surface area contributed by atoms with Crippen LogP contribution in [0.4, 0.5) is 5.69 Å². The van der Waals surface area contributed by atoms with Gasteiger partial charge in [0.1, 0.15) is 5.75 Å². The Morgan fingerprint density at radius 3 is 2.48 bits per heavy atom. The average molecular weight is 445 g/mol. The van der Waals surface area contributed by atoms with Gasteiger partial charge in [0.25, 0.3) is 11.8 Å². The van der Waals surface area contributed by atoms with Crippen molar-refractivity contribution in [3.8, 4) is 40.1 Å². The molecular formula is C25H23N3O5. The number of carbonyl (C=O) groups is 1. The van der Waals surface area contributed by atoms with Gasteiger partial charge in [-0.15, -0.1) is 0 Å². The van der Waals surface area contributed by atoms with Crippen molar-refractivity contribution in [2.45, 2.75) is 6.92 Å². The molecule has 4 aromatic rings. The molecule has 0 spiro atoms. The van der Waals surface area contributed by atoms with Crippen LogP contribution in [0.25, 0.3) is 22.8 Å². The van der Waals surface area contributed by atoms with Crippen LogP contribution in [0.3, 0.4) is 0 Å². The minimum Gasteiger partial charge on any atom is -0.495 e. The van der Waals surface area contributed by atoms with Gasteiger partial charge in [0, 0.05) is 11.1 Å². The second kappa shape index (κ2) is 10.3. The van der Waals surface area contributed by atoms with Gasteiger partial charge < -0.3 is 24.1 Å². The first-order valence-electron chi connectivity index (χ1n) is 10.4. The predicted molar refractivity (Wildman–Crippen MR) is 123 cm³/mol. The highest BCUT2D eigenvalue weighted by molar-refractivity contribution is 5.93. The maximum absolute atomic E-state index is 12.4. The summed E-state index contributed by atoms with van der Waals surface area (Å²) >= 11 is 0. The average Bonchev–Trinajstić information content (AvgIpc) is 3.35. The van der Waals surface area contributed by atoms with Gasteiger partial charge in [0.2, 0.25) is 5.82 Å². The summed E-state index contributed by atoms with van der Waals surface area (Å²) in [4.78, 5) is 16.9. The highest BCUT2D eigenvalue weighted by Gasteiger charge is 2.15. The Hall–Kier alpha value is -4.33. The van der Waals surface area contributed by atoms with Gasteiger partial charge in [-0.25, -0.2) is 0 Å². The van der Waals surface area contributed by atoms with E-state index in [-0.39, 0.29) is 12.5 Å². The quantitative estimate of drug-likeness (QED) is 0.394. The lowest BCUT2D eigenvalue weighted by molar-refractivity contribution is -0.118. The van der Waals surface area contributed by atoms with Crippen molar-refractivity contribution in [2.75, 3.05) is 25.6 Å². The normalized spacial score (nSPS) is 10.5. The minimum absolute atomic E-state index is 0.197. The third-order valence-corrected chi connectivity index (χ3v) is 4.69. The van der Waals surface area contributed by atoms with Gasteiger partial charge in [-0.3, -0.25) is 4.79 Å². The van der Waals surface area contributed by atoms with E-state index in [1.54, 1.807) is 37.4 Å². The Morgan fingerprint density at radius 1 is 0.909 bits per heavy atom. The first kappa shape index (κ1) is 21.9. The minimum atomic E-state index is -0.323. The van der Waals surface area contributed by atoms with Crippen molar-refractivity contribution >= 4 is 11.6 Å². The number of hydrogen-bond donors (Lipinski definition) is 1. The van der Waals surface area contributed by atoms with E-state index in [9.17, 15) is 4.79 Å². The van der Waals surface area contributed by atoms with E-state index < -0.39 is 0 Å². The number of benzene rings is 3. The zero-order valence-corrected chi connectivity index (χ0v) is 18.3. The van der Waals surface area contributed by atoms with Gasteiger partial charge in [-0.2, -0.15) is 4.98 Å². The number of amides is 1. The van der Waals surface area contributed by atoms with Crippen LogP contribution in [0.1, 0.15) is 6.92 Å². The molecule has 0 aliphatic rings. The summed E-state index contributed by atoms with van der Waals surface area (Å²) in [7, 11) is 1.55. The van der Waals surface area contributed by atoms with Crippen LogP contribution in [0.2, 0.25) is 0 Å². The molecule has 0 atom stereocenters. The lowest BCUT2D eigenvalue weighted by Crippen LogP contribution is -2.20. The second-order valence-corrected chi connectivity index (χ2v) is 6.92. The molecule has 0 saturated carbocycles. The zero-order valence-electron chi connectivity index (χ0n) is 18.3. The monoisotopic (exact) mass is 445 g/mol. The van der Waals surface area contributed by atoms with Gasteiger partial charge in [-0.05, 0) is 49.4 Å². The molecule has 3 aromatic carbocycles. The molecule has 0 aliphatic heterocycles. The van der Waals surface area contributed by atoms with Crippen molar-refractivity contribution in [3.63, 3.8) is 0 Å². The fourth-order valence-electron chi connectivity index (χ4n) is 3.15. The predicted octanol–water partition coefficient (Wildman–Crippen LogP) is 4.83. The van der Waals surface area contributed by atoms with E-state index >= 15 is 0 Å². The summed E-state index contributed by atoms with van der Waals surface area (Å²) in [6, 6.07) is 22.0. The third kappa shape index (κ3) is 5.30. The number of methoxy groups -OCH3 is 1. The number of ether oxygens (including phenoxy) is 3. The van der Waals surface area contributed by atoms with E-state index in [0.29, 0.717) is 46.8 Å². The second-order valence-electron chi connectivity index (χ2n) is 6.92. The Labute approximate surface area is 191 Å². The molecule has 4 rings (SSSR count). The Balaban J connectivity index is 1.47. The number of anilines is 1. The molecule has 0 bridgehead atoms. The topological polar surface area (TPSA) is 95.7 Å². The van der Waals surface area contributed by atoms with E-state index in [2.05, 4.69) is 15.5 Å². The first-order chi connectivity index (χ1) is 16.2. The molecule has 8 nitrogen and oxygen atoms in total. The molecule has 8 heteroatoms. The van der Waals surface area contributed by atoms with Crippen LogP contribution in [-0.4, -0.2) is 36.4 Å². The Morgan fingerprint density at radius 2 is 1.70 bits per heavy atom. The molecule has 0 radical (unpaired) electrons. The molecule has 1 aromatic heterocycles. The fourth-order valence-corrected chi connectivity index (χ4v) is 3.15. The maximum Gasteiger partial charge on any atom is 0.262 e. The third-order valence-electron chi connectivity index (χ3n) is 4.69. The maximum atomic E-state index is 12.4. The first-order valence-corrected chi connectivity index (χ1v) is 10.4. The number of carbonyl (C=O) groups excluding carboxylic acids is 1. The summed E-state index contributed by atoms with van der Waals surface area (Å²) in [5.74, 6) is 2.01. The number of rotatable bonds is 9. The SMILES string of the molecule is CCOc1cc(-c2noc(-c3ccccc3)n2)ccc1OCC(=O)Nc1ccccc1OC. The number of para-hydroxylation sites is 2. The Kier molecular flexibility index (Phi) is 6.84. The largest absolute Gasteiger partial charge is 0.495 e. The molecule has 33 heavy (non-hydrogen) atoms. The molecule has 0 saturated heterocycles. The molecule has 168 valence electrons. The van der Waals surface area contributed by atoms with Crippen LogP contribution < -0.4 is 19.5 Å². The van der Waals surface area contributed by atoms with Gasteiger partial charge >= 0.3 is 0 Å². The van der Waals surface area contributed by atoms with Crippen LogP contribution in [0, 0.1) is 0 Å². The molecule has 1 amide bonds. The van der Waals surface area contributed by atoms with Crippen molar-refractivity contribution in [1.82, 2.24) is 10.1 Å². The summed E-state index contributed by atoms with van der Waals surface area (Å²) in [6.07, 6.45) is 0. The summed E-state index contributed by atoms with van der Waals surface area (Å²) in [5.41, 5.74) is 2.11. The van der Waals surface area contributed by atoms with Crippen molar-refractivity contribution < 1.29 is 23.5 Å². The van der Waals surface area contributed by atoms with Crippen LogP contribution in [0.15, 0.2) is 77.3 Å². The summed E-state index contributed by atoms with van der Waals surface area (Å²) in [6.45, 7) is 2.10. The van der Waals surface area contributed by atoms with Gasteiger partial charge in [0.05, 0.1) is 19.4 Å². The smallest absolute Gasteiger partial charge is 0.262 e. The fraction of sp³-hybridized carbons (Fsp3) is 0.160. The summed E-state index contributed by atoms with van der Waals surface area (Å²) < 4.78 is 22.1. The van der Waals surface area contributed by atoms with Crippen LogP contribution >= 0.6 is 0 Å². The van der Waals surface area contributed by atoms with E-state index in [1.165, 1.54) is 0 Å². The molecule has 1 heterocycles. The van der Waals surface area contributed by atoms with Crippen LogP contribution in [-0.2, 0) is 4.79 Å². The van der Waals surface area contributed by atoms with Crippen molar-refractivity contribution in [3.05, 3.63) is 72.8 Å². The number of hydrogen-bond acceptors (Lipinski definition) is 7.